The maximum Gasteiger partial charge on any atom is 0.472 e. The van der Waals surface area contributed by atoms with Crippen molar-refractivity contribution in [3.8, 4) is 0 Å². The van der Waals surface area contributed by atoms with E-state index in [4.69, 9.17) is 24.8 Å². The number of phosphoric acid groups is 1. The Kier molecular flexibility index (Phi) is 38.8. The molecule has 0 rings (SSSR count). The quantitative estimate of drug-likeness (QED) is 0.0231. The minimum Gasteiger partial charge on any atom is -0.480 e. The molecule has 57 heavy (non-hydrogen) atoms. The molecule has 0 fully saturated rings. The van der Waals surface area contributed by atoms with Crippen molar-refractivity contribution in [1.29, 1.82) is 0 Å². The second-order valence-corrected chi connectivity index (χ2v) is 16.6. The molecule has 332 valence electrons. The van der Waals surface area contributed by atoms with E-state index < -0.39 is 51.1 Å². The third kappa shape index (κ3) is 40.3. The van der Waals surface area contributed by atoms with Gasteiger partial charge in [-0.2, -0.15) is 0 Å². The summed E-state index contributed by atoms with van der Waals surface area (Å²) in [5, 5.41) is 8.89. The third-order valence-electron chi connectivity index (χ3n) is 9.64. The standard InChI is InChI=1S/C45H82NO10P/c1-3-5-7-9-11-13-15-17-19-20-21-23-24-26-28-30-32-34-36-43(47)53-38-41(39-54-57(51,52)55-40-42(46)45(49)50)56-44(48)37-35-33-31-29-27-25-22-18-16-14-12-10-8-6-4-2/h12,14,18,22,27,29,41-42H,3-11,13,15-17,19-21,23-26,28,30-40,46H2,1-2H3,(H,49,50)(H,51,52)/b14-12-,22-18-,29-27-/t41-,42+/m1/s1. The summed E-state index contributed by atoms with van der Waals surface area (Å²) in [4.78, 5) is 46.0. The van der Waals surface area contributed by atoms with Crippen LogP contribution in [0.15, 0.2) is 36.5 Å². The van der Waals surface area contributed by atoms with Gasteiger partial charge in [-0.25, -0.2) is 4.57 Å². The molecular weight excluding hydrogens is 745 g/mol. The van der Waals surface area contributed by atoms with Crippen molar-refractivity contribution in [2.24, 2.45) is 5.73 Å². The van der Waals surface area contributed by atoms with Crippen molar-refractivity contribution in [1.82, 2.24) is 0 Å². The van der Waals surface area contributed by atoms with E-state index in [1.165, 1.54) is 109 Å². The number of rotatable bonds is 42. The number of carbonyl (C=O) groups excluding carboxylic acids is 2. The van der Waals surface area contributed by atoms with Gasteiger partial charge in [0, 0.05) is 12.8 Å². The van der Waals surface area contributed by atoms with Gasteiger partial charge in [-0.1, -0.05) is 172 Å². The third-order valence-corrected chi connectivity index (χ3v) is 10.6. The Hall–Kier alpha value is -2.30. The number of carbonyl (C=O) groups is 3. The molecule has 0 aliphatic carbocycles. The molecule has 11 nitrogen and oxygen atoms in total. The number of nitrogens with two attached hydrogens (primary N) is 1. The molecule has 0 aromatic carbocycles. The number of aliphatic carboxylic acids is 1. The summed E-state index contributed by atoms with van der Waals surface area (Å²) in [6.07, 6.45) is 43.5. The molecule has 12 heteroatoms. The van der Waals surface area contributed by atoms with Gasteiger partial charge < -0.3 is 25.2 Å². The summed E-state index contributed by atoms with van der Waals surface area (Å²) in [5.41, 5.74) is 5.33. The number of carboxylic acid groups (broad SMARTS) is 1. The van der Waals surface area contributed by atoms with E-state index in [0.29, 0.717) is 12.8 Å². The zero-order chi connectivity index (χ0) is 42.1. The average molecular weight is 828 g/mol. The lowest BCUT2D eigenvalue weighted by atomic mass is 10.0. The maximum atomic E-state index is 12.6. The molecule has 0 heterocycles. The number of allylic oxidation sites excluding steroid dienone is 6. The van der Waals surface area contributed by atoms with E-state index in [2.05, 4.69) is 54.8 Å². The number of phosphoric ester groups is 1. The van der Waals surface area contributed by atoms with Gasteiger partial charge in [0.05, 0.1) is 13.2 Å². The van der Waals surface area contributed by atoms with Crippen LogP contribution in [-0.2, 0) is 37.5 Å². The van der Waals surface area contributed by atoms with Crippen molar-refractivity contribution in [2.45, 2.75) is 212 Å². The van der Waals surface area contributed by atoms with Crippen molar-refractivity contribution < 1.29 is 47.5 Å². The first kappa shape index (κ1) is 54.7. The molecule has 0 aromatic heterocycles. The second kappa shape index (κ2) is 40.5. The van der Waals surface area contributed by atoms with Crippen LogP contribution >= 0.6 is 7.82 Å². The largest absolute Gasteiger partial charge is 0.480 e. The summed E-state index contributed by atoms with van der Waals surface area (Å²) in [6, 6.07) is -1.53. The first-order valence-electron chi connectivity index (χ1n) is 22.5. The first-order valence-corrected chi connectivity index (χ1v) is 24.0. The monoisotopic (exact) mass is 828 g/mol. The molecule has 0 saturated carbocycles. The van der Waals surface area contributed by atoms with Crippen LogP contribution in [-0.4, -0.2) is 59.9 Å². The Morgan fingerprint density at radius 1 is 0.544 bits per heavy atom. The predicted octanol–water partition coefficient (Wildman–Crippen LogP) is 12.0. The zero-order valence-electron chi connectivity index (χ0n) is 35.9. The smallest absolute Gasteiger partial charge is 0.472 e. The number of esters is 2. The van der Waals surface area contributed by atoms with Crippen LogP contribution in [0.1, 0.15) is 200 Å². The molecule has 0 bridgehead atoms. The van der Waals surface area contributed by atoms with Crippen LogP contribution in [0.2, 0.25) is 0 Å². The zero-order valence-corrected chi connectivity index (χ0v) is 36.8. The van der Waals surface area contributed by atoms with E-state index in [-0.39, 0.29) is 19.4 Å². The maximum absolute atomic E-state index is 12.6. The number of ether oxygens (including phenoxy) is 2. The van der Waals surface area contributed by atoms with E-state index in [9.17, 15) is 23.8 Å². The van der Waals surface area contributed by atoms with Gasteiger partial charge in [0.15, 0.2) is 6.10 Å². The van der Waals surface area contributed by atoms with Crippen LogP contribution in [0.4, 0.5) is 0 Å². The summed E-state index contributed by atoms with van der Waals surface area (Å²) in [7, 11) is -4.72. The summed E-state index contributed by atoms with van der Waals surface area (Å²) >= 11 is 0. The molecule has 0 aromatic rings. The lowest BCUT2D eigenvalue weighted by Crippen LogP contribution is -2.34. The Morgan fingerprint density at radius 2 is 0.930 bits per heavy atom. The fourth-order valence-corrected chi connectivity index (χ4v) is 6.85. The topological polar surface area (TPSA) is 172 Å². The molecule has 0 saturated heterocycles. The van der Waals surface area contributed by atoms with Gasteiger partial charge in [-0.3, -0.25) is 23.4 Å². The summed E-state index contributed by atoms with van der Waals surface area (Å²) in [5.74, 6) is -2.42. The van der Waals surface area contributed by atoms with Crippen LogP contribution in [0.5, 0.6) is 0 Å². The van der Waals surface area contributed by atoms with Crippen LogP contribution in [0.3, 0.4) is 0 Å². The predicted molar refractivity (Wildman–Crippen MR) is 231 cm³/mol. The van der Waals surface area contributed by atoms with Gasteiger partial charge in [-0.15, -0.1) is 0 Å². The van der Waals surface area contributed by atoms with Gasteiger partial charge in [0.1, 0.15) is 12.6 Å². The summed E-state index contributed by atoms with van der Waals surface area (Å²) in [6.45, 7) is 2.75. The van der Waals surface area contributed by atoms with Gasteiger partial charge >= 0.3 is 25.7 Å². The molecule has 3 atom stereocenters. The number of carboxylic acids is 1. The Balaban J connectivity index is 4.36. The molecular formula is C45H82NO10P. The van der Waals surface area contributed by atoms with E-state index >= 15 is 0 Å². The minimum absolute atomic E-state index is 0.114. The van der Waals surface area contributed by atoms with Gasteiger partial charge in [-0.05, 0) is 51.4 Å². The Morgan fingerprint density at radius 3 is 1.42 bits per heavy atom. The highest BCUT2D eigenvalue weighted by molar-refractivity contribution is 7.47. The van der Waals surface area contributed by atoms with Crippen molar-refractivity contribution in [3.63, 3.8) is 0 Å². The first-order chi connectivity index (χ1) is 27.6. The Labute approximate surface area is 346 Å². The van der Waals surface area contributed by atoms with Crippen molar-refractivity contribution in [3.05, 3.63) is 36.5 Å². The fourth-order valence-electron chi connectivity index (χ4n) is 6.07. The normalized spacial score (nSPS) is 14.0. The number of unbranched alkanes of at least 4 members (excludes halogenated alkanes) is 22. The minimum atomic E-state index is -4.72. The fraction of sp³-hybridized carbons (Fsp3) is 0.800. The highest BCUT2D eigenvalue weighted by atomic mass is 31.2. The van der Waals surface area contributed by atoms with Crippen molar-refractivity contribution in [2.75, 3.05) is 19.8 Å². The Bertz CT molecular complexity index is 1110. The highest BCUT2D eigenvalue weighted by Crippen LogP contribution is 2.43. The molecule has 0 amide bonds. The van der Waals surface area contributed by atoms with Crippen LogP contribution in [0.25, 0.3) is 0 Å². The van der Waals surface area contributed by atoms with Crippen LogP contribution in [0, 0.1) is 0 Å². The van der Waals surface area contributed by atoms with Crippen LogP contribution < -0.4 is 5.73 Å². The number of hydrogen-bond acceptors (Lipinski definition) is 9. The molecule has 0 radical (unpaired) electrons. The lowest BCUT2D eigenvalue weighted by molar-refractivity contribution is -0.161. The van der Waals surface area contributed by atoms with Crippen molar-refractivity contribution >= 4 is 25.7 Å². The molecule has 1 unspecified atom stereocenters. The highest BCUT2D eigenvalue weighted by Gasteiger charge is 2.28. The van der Waals surface area contributed by atoms with Gasteiger partial charge in [0.25, 0.3) is 0 Å². The van der Waals surface area contributed by atoms with Gasteiger partial charge in [0.2, 0.25) is 0 Å². The SMILES string of the molecule is CCCCC/C=C\C/C=C\C/C=C\CCCCC(=O)O[C@H](COC(=O)CCCCCCCCCCCCCCCCCCCC)COP(=O)(O)OC[C@H](N)C(=O)O. The molecule has 0 aliphatic heterocycles. The molecule has 0 spiro atoms. The summed E-state index contributed by atoms with van der Waals surface area (Å²) < 4.78 is 32.7. The average Bonchev–Trinajstić information content (AvgIpc) is 3.19. The van der Waals surface area contributed by atoms with E-state index in [0.717, 1.165) is 51.4 Å². The molecule has 4 N–H and O–H groups in total. The van der Waals surface area contributed by atoms with E-state index in [1.807, 2.05) is 0 Å². The lowest BCUT2D eigenvalue weighted by Gasteiger charge is -2.20. The number of hydrogen-bond donors (Lipinski definition) is 3. The second-order valence-electron chi connectivity index (χ2n) is 15.2. The van der Waals surface area contributed by atoms with E-state index in [1.54, 1.807) is 0 Å². The molecule has 0 aliphatic rings.